The van der Waals surface area contributed by atoms with Gasteiger partial charge in [0.1, 0.15) is 5.54 Å². The number of carboxylic acid groups (broad SMARTS) is 2. The van der Waals surface area contributed by atoms with E-state index in [2.05, 4.69) is 40.6 Å². The summed E-state index contributed by atoms with van der Waals surface area (Å²) in [6, 6.07) is 20.5. The fourth-order valence-electron chi connectivity index (χ4n) is 2.98. The number of carbonyl (C=O) groups is 3. The van der Waals surface area contributed by atoms with E-state index < -0.39 is 23.4 Å². The molecule has 8 nitrogen and oxygen atoms in total. The molecule has 160 valence electrons. The first-order chi connectivity index (χ1) is 14.3. The predicted molar refractivity (Wildman–Crippen MR) is 112 cm³/mol. The lowest BCUT2D eigenvalue weighted by Crippen LogP contribution is -2.41. The number of aliphatic carboxylic acids is 2. The summed E-state index contributed by atoms with van der Waals surface area (Å²) in [7, 11) is 0. The van der Waals surface area contributed by atoms with Crippen LogP contribution in [0.1, 0.15) is 29.9 Å². The van der Waals surface area contributed by atoms with Crippen LogP contribution in [0.3, 0.4) is 0 Å². The van der Waals surface area contributed by atoms with Gasteiger partial charge in [-0.15, -0.1) is 0 Å². The zero-order valence-corrected chi connectivity index (χ0v) is 16.6. The summed E-state index contributed by atoms with van der Waals surface area (Å²) in [5.41, 5.74) is 6.40. The number of carbonyl (C=O) groups excluding carboxylic acids is 1. The highest BCUT2D eigenvalue weighted by Crippen LogP contribution is 2.36. The predicted octanol–water partition coefficient (Wildman–Crippen LogP) is 1.17. The van der Waals surface area contributed by atoms with Crippen molar-refractivity contribution in [3.05, 3.63) is 71.8 Å². The Morgan fingerprint density at radius 1 is 0.900 bits per heavy atom. The molecule has 0 heterocycles. The van der Waals surface area contributed by atoms with Gasteiger partial charge in [-0.05, 0) is 24.0 Å². The molecule has 2 aromatic rings. The van der Waals surface area contributed by atoms with Gasteiger partial charge in [0.05, 0.1) is 13.1 Å². The Labute approximate surface area is 175 Å². The summed E-state index contributed by atoms with van der Waals surface area (Å²) in [5, 5.41) is 22.9. The van der Waals surface area contributed by atoms with E-state index in [1.54, 1.807) is 0 Å². The van der Waals surface area contributed by atoms with Crippen LogP contribution in [0.4, 0.5) is 0 Å². The topological polar surface area (TPSA) is 142 Å². The average Bonchev–Trinajstić information content (AvgIpc) is 3.51. The summed E-state index contributed by atoms with van der Waals surface area (Å²) >= 11 is 0. The molecule has 0 spiro atoms. The minimum absolute atomic E-state index is 0.0910. The van der Waals surface area contributed by atoms with Crippen LogP contribution in [0.15, 0.2) is 60.7 Å². The molecule has 1 saturated carbocycles. The molecule has 1 aliphatic rings. The maximum atomic E-state index is 11.3. The van der Waals surface area contributed by atoms with Gasteiger partial charge in [0.15, 0.2) is 0 Å². The van der Waals surface area contributed by atoms with E-state index in [9.17, 15) is 19.5 Å². The highest BCUT2D eigenvalue weighted by atomic mass is 16.4. The Hall–Kier alpha value is -3.23. The van der Waals surface area contributed by atoms with Crippen LogP contribution in [-0.4, -0.2) is 53.2 Å². The van der Waals surface area contributed by atoms with Gasteiger partial charge >= 0.3 is 11.9 Å². The highest BCUT2D eigenvalue weighted by Gasteiger charge is 2.50. The molecule has 1 fully saturated rings. The summed E-state index contributed by atoms with van der Waals surface area (Å²) in [4.78, 5) is 31.0. The molecular formula is C22H27N3O5. The van der Waals surface area contributed by atoms with Crippen molar-refractivity contribution < 1.29 is 24.6 Å². The van der Waals surface area contributed by atoms with Crippen LogP contribution in [0.2, 0.25) is 0 Å². The summed E-state index contributed by atoms with van der Waals surface area (Å²) < 4.78 is 0. The van der Waals surface area contributed by atoms with Crippen molar-refractivity contribution in [3.63, 3.8) is 0 Å². The van der Waals surface area contributed by atoms with Gasteiger partial charge in [-0.1, -0.05) is 60.7 Å². The number of amides is 1. The fourth-order valence-corrected chi connectivity index (χ4v) is 2.98. The Kier molecular flexibility index (Phi) is 8.52. The Morgan fingerprint density at radius 3 is 1.77 bits per heavy atom. The molecule has 0 saturated heterocycles. The third kappa shape index (κ3) is 7.31. The first kappa shape index (κ1) is 23.1. The first-order valence-electron chi connectivity index (χ1n) is 9.63. The molecule has 2 aromatic carbocycles. The van der Waals surface area contributed by atoms with Crippen LogP contribution < -0.4 is 16.4 Å². The van der Waals surface area contributed by atoms with Crippen LogP contribution in [0.25, 0.3) is 0 Å². The summed E-state index contributed by atoms with van der Waals surface area (Å²) in [6.07, 6.45) is 1.44. The minimum Gasteiger partial charge on any atom is -0.480 e. The van der Waals surface area contributed by atoms with E-state index >= 15 is 0 Å². The lowest BCUT2D eigenvalue weighted by molar-refractivity contribution is -0.140. The molecule has 0 aromatic heterocycles. The van der Waals surface area contributed by atoms with Crippen LogP contribution in [0, 0.1) is 0 Å². The molecule has 0 unspecified atom stereocenters. The van der Waals surface area contributed by atoms with Gasteiger partial charge in [-0.25, -0.2) is 0 Å². The molecule has 0 aliphatic heterocycles. The molecule has 1 aliphatic carbocycles. The van der Waals surface area contributed by atoms with Crippen molar-refractivity contribution in [1.29, 1.82) is 0 Å². The molecule has 3 rings (SSSR count). The van der Waals surface area contributed by atoms with E-state index in [1.807, 2.05) is 36.4 Å². The molecule has 8 heteroatoms. The number of rotatable bonds is 10. The smallest absolute Gasteiger partial charge is 0.323 e. The van der Waals surface area contributed by atoms with Crippen LogP contribution in [0.5, 0.6) is 0 Å². The van der Waals surface area contributed by atoms with Crippen molar-refractivity contribution >= 4 is 17.8 Å². The number of nitrogens with two attached hydrogens (primary N) is 1. The van der Waals surface area contributed by atoms with E-state index in [0.29, 0.717) is 6.54 Å². The van der Waals surface area contributed by atoms with Crippen LogP contribution in [-0.2, 0) is 14.4 Å². The Balaban J connectivity index is 0.000000303. The van der Waals surface area contributed by atoms with Gasteiger partial charge in [0.25, 0.3) is 0 Å². The maximum absolute atomic E-state index is 11.3. The third-order valence-corrected chi connectivity index (χ3v) is 4.78. The second kappa shape index (κ2) is 11.1. The quantitative estimate of drug-likeness (QED) is 0.394. The van der Waals surface area contributed by atoms with E-state index in [4.69, 9.17) is 5.11 Å². The van der Waals surface area contributed by atoms with Crippen molar-refractivity contribution in [2.45, 2.75) is 24.3 Å². The monoisotopic (exact) mass is 413 g/mol. The van der Waals surface area contributed by atoms with Gasteiger partial charge in [-0.3, -0.25) is 19.7 Å². The van der Waals surface area contributed by atoms with Crippen molar-refractivity contribution in [2.75, 3.05) is 19.6 Å². The third-order valence-electron chi connectivity index (χ3n) is 4.78. The van der Waals surface area contributed by atoms with Gasteiger partial charge in [-0.2, -0.15) is 0 Å². The Bertz CT molecular complexity index is 785. The number of hydrogen-bond acceptors (Lipinski definition) is 5. The molecule has 30 heavy (non-hydrogen) atoms. The largest absolute Gasteiger partial charge is 0.480 e. The first-order valence-corrected chi connectivity index (χ1v) is 9.63. The number of carboxylic acids is 2. The zero-order chi connectivity index (χ0) is 22.0. The summed E-state index contributed by atoms with van der Waals surface area (Å²) in [5.74, 6) is -2.13. The van der Waals surface area contributed by atoms with Crippen LogP contribution >= 0.6 is 0 Å². The molecule has 6 N–H and O–H groups in total. The number of hydrogen-bond donors (Lipinski definition) is 5. The van der Waals surface area contributed by atoms with Crippen molar-refractivity contribution in [3.8, 4) is 0 Å². The Morgan fingerprint density at radius 2 is 1.40 bits per heavy atom. The minimum atomic E-state index is -1.00. The van der Waals surface area contributed by atoms with E-state index in [-0.39, 0.29) is 19.0 Å². The van der Waals surface area contributed by atoms with Crippen molar-refractivity contribution in [2.24, 2.45) is 5.73 Å². The normalized spacial score (nSPS) is 13.8. The number of benzene rings is 2. The number of primary amides is 1. The summed E-state index contributed by atoms with van der Waals surface area (Å²) in [6.45, 7) is 0.315. The van der Waals surface area contributed by atoms with E-state index in [1.165, 1.54) is 11.1 Å². The van der Waals surface area contributed by atoms with Gasteiger partial charge < -0.3 is 21.3 Å². The zero-order valence-electron chi connectivity index (χ0n) is 16.6. The standard InChI is InChI=1S/C18H19NO2.C4H8N2O3/c20-17(21)18(11-12-18)19-13-16(14-7-3-1-4-8-14)15-9-5-2-6-10-15;5-3(7)1-6-2-4(8)9/h1-10,16,19H,11-13H2,(H,20,21);6H,1-2H2,(H2,5,7)(H,8,9). The fraction of sp³-hybridized carbons (Fsp3) is 0.318. The van der Waals surface area contributed by atoms with E-state index in [0.717, 1.165) is 12.8 Å². The molecule has 0 bridgehead atoms. The lowest BCUT2D eigenvalue weighted by Gasteiger charge is -2.21. The average molecular weight is 413 g/mol. The molecule has 0 radical (unpaired) electrons. The highest BCUT2D eigenvalue weighted by molar-refractivity contribution is 5.82. The second-order valence-electron chi connectivity index (χ2n) is 7.11. The molecular weight excluding hydrogens is 386 g/mol. The lowest BCUT2D eigenvalue weighted by atomic mass is 9.91. The van der Waals surface area contributed by atoms with Gasteiger partial charge in [0.2, 0.25) is 5.91 Å². The SMILES string of the molecule is NC(=O)CNCC(=O)O.O=C(O)C1(NCC(c2ccccc2)c2ccccc2)CC1. The number of nitrogens with one attached hydrogen (secondary N) is 2. The molecule has 0 atom stereocenters. The molecule has 1 amide bonds. The second-order valence-corrected chi connectivity index (χ2v) is 7.11. The van der Waals surface area contributed by atoms with Crippen molar-refractivity contribution in [1.82, 2.24) is 10.6 Å². The maximum Gasteiger partial charge on any atom is 0.323 e. The van der Waals surface area contributed by atoms with Gasteiger partial charge in [0, 0.05) is 12.5 Å².